The lowest BCUT2D eigenvalue weighted by Gasteiger charge is -2.05. The van der Waals surface area contributed by atoms with E-state index in [1.165, 1.54) is 23.1 Å². The average Bonchev–Trinajstić information content (AvgIpc) is 3.10. The van der Waals surface area contributed by atoms with Crippen LogP contribution < -0.4 is 11.1 Å². The number of aryl methyl sites for hydroxylation is 1. The molecule has 0 saturated carbocycles. The van der Waals surface area contributed by atoms with E-state index in [1.54, 1.807) is 23.6 Å². The smallest absolute Gasteiger partial charge is 0.251 e. The minimum Gasteiger partial charge on any atom is -0.366 e. The molecule has 24 heavy (non-hydrogen) atoms. The van der Waals surface area contributed by atoms with Gasteiger partial charge in [-0.2, -0.15) is 0 Å². The fourth-order valence-corrected chi connectivity index (χ4v) is 3.94. The molecule has 124 valence electrons. The summed E-state index contributed by atoms with van der Waals surface area (Å²) in [7, 11) is 1.88. The standard InChI is InChI=1S/C15H13ClN4O2S2/c1-20-11-3-2-8(16)6-10(11)18-15(20)24-7-12(21)19-14-9(13(17)22)4-5-23-14/h2-6H,7H2,1H3,(H2,17,22)(H,19,21). The molecule has 2 amide bonds. The number of fused-ring (bicyclic) bond motifs is 1. The Morgan fingerprint density at radius 1 is 1.42 bits per heavy atom. The van der Waals surface area contributed by atoms with Crippen molar-refractivity contribution in [2.24, 2.45) is 12.8 Å². The largest absolute Gasteiger partial charge is 0.366 e. The number of aromatic nitrogens is 2. The first-order chi connectivity index (χ1) is 11.5. The van der Waals surface area contributed by atoms with Crippen molar-refractivity contribution < 1.29 is 9.59 Å². The normalized spacial score (nSPS) is 10.9. The highest BCUT2D eigenvalue weighted by atomic mass is 35.5. The van der Waals surface area contributed by atoms with Crippen molar-refractivity contribution in [1.29, 1.82) is 0 Å². The fraction of sp³-hybridized carbons (Fsp3) is 0.133. The van der Waals surface area contributed by atoms with Gasteiger partial charge in [-0.15, -0.1) is 11.3 Å². The number of hydrogen-bond donors (Lipinski definition) is 2. The van der Waals surface area contributed by atoms with Crippen LogP contribution in [0.15, 0.2) is 34.8 Å². The van der Waals surface area contributed by atoms with E-state index in [0.717, 1.165) is 11.0 Å². The zero-order valence-electron chi connectivity index (χ0n) is 12.6. The van der Waals surface area contributed by atoms with E-state index in [4.69, 9.17) is 17.3 Å². The Labute approximate surface area is 151 Å². The van der Waals surface area contributed by atoms with Crippen LogP contribution in [0.2, 0.25) is 5.02 Å². The maximum atomic E-state index is 12.1. The molecule has 3 N–H and O–H groups in total. The van der Waals surface area contributed by atoms with Crippen LogP contribution in [0.4, 0.5) is 5.00 Å². The van der Waals surface area contributed by atoms with Gasteiger partial charge in [-0.05, 0) is 29.6 Å². The molecule has 0 aliphatic heterocycles. The molecule has 0 spiro atoms. The number of benzene rings is 1. The molecule has 3 rings (SSSR count). The Balaban J connectivity index is 1.69. The van der Waals surface area contributed by atoms with Gasteiger partial charge in [0.05, 0.1) is 22.3 Å². The molecule has 0 aliphatic rings. The van der Waals surface area contributed by atoms with Crippen LogP contribution in [0.5, 0.6) is 0 Å². The third-order valence-electron chi connectivity index (χ3n) is 3.32. The summed E-state index contributed by atoms with van der Waals surface area (Å²) in [6.45, 7) is 0. The quantitative estimate of drug-likeness (QED) is 0.665. The van der Waals surface area contributed by atoms with Crippen molar-refractivity contribution in [2.75, 3.05) is 11.1 Å². The van der Waals surface area contributed by atoms with Gasteiger partial charge in [0.2, 0.25) is 5.91 Å². The van der Waals surface area contributed by atoms with Gasteiger partial charge in [0.25, 0.3) is 5.91 Å². The summed E-state index contributed by atoms with van der Waals surface area (Å²) in [5.41, 5.74) is 7.30. The van der Waals surface area contributed by atoms with Crippen LogP contribution in [-0.2, 0) is 11.8 Å². The van der Waals surface area contributed by atoms with E-state index < -0.39 is 5.91 Å². The number of nitrogens with two attached hydrogens (primary N) is 1. The van der Waals surface area contributed by atoms with Crippen LogP contribution in [0.25, 0.3) is 11.0 Å². The summed E-state index contributed by atoms with van der Waals surface area (Å²) in [6.07, 6.45) is 0. The number of nitrogens with zero attached hydrogens (tertiary/aromatic N) is 2. The number of thiophene rings is 1. The Morgan fingerprint density at radius 3 is 2.96 bits per heavy atom. The van der Waals surface area contributed by atoms with Gasteiger partial charge in [0.1, 0.15) is 5.00 Å². The summed E-state index contributed by atoms with van der Waals surface area (Å²) in [6, 6.07) is 7.06. The summed E-state index contributed by atoms with van der Waals surface area (Å²) in [5, 5.41) is 6.20. The maximum absolute atomic E-state index is 12.1. The third kappa shape index (κ3) is 3.40. The molecule has 3 aromatic rings. The van der Waals surface area contributed by atoms with Crippen molar-refractivity contribution in [3.05, 3.63) is 40.2 Å². The second-order valence-corrected chi connectivity index (χ2v) is 7.25. The number of amides is 2. The molecule has 2 aromatic heterocycles. The second kappa shape index (κ2) is 6.84. The van der Waals surface area contributed by atoms with Crippen molar-refractivity contribution in [2.45, 2.75) is 5.16 Å². The Kier molecular flexibility index (Phi) is 4.79. The van der Waals surface area contributed by atoms with E-state index in [0.29, 0.717) is 20.7 Å². The number of nitrogens with one attached hydrogen (secondary N) is 1. The molecular weight excluding hydrogens is 368 g/mol. The monoisotopic (exact) mass is 380 g/mol. The number of hydrogen-bond acceptors (Lipinski definition) is 5. The number of carbonyl (C=O) groups excluding carboxylic acids is 2. The van der Waals surface area contributed by atoms with Crippen molar-refractivity contribution in [1.82, 2.24) is 9.55 Å². The number of rotatable bonds is 5. The fourth-order valence-electron chi connectivity index (χ4n) is 2.17. The Morgan fingerprint density at radius 2 is 2.21 bits per heavy atom. The van der Waals surface area contributed by atoms with Crippen LogP contribution in [-0.4, -0.2) is 27.1 Å². The lowest BCUT2D eigenvalue weighted by Crippen LogP contribution is -2.18. The predicted octanol–water partition coefficient (Wildman–Crippen LogP) is 3.12. The molecule has 0 fully saturated rings. The van der Waals surface area contributed by atoms with Crippen molar-refractivity contribution in [3.63, 3.8) is 0 Å². The van der Waals surface area contributed by atoms with E-state index in [-0.39, 0.29) is 11.7 Å². The van der Waals surface area contributed by atoms with Gasteiger partial charge in [-0.25, -0.2) is 4.98 Å². The minimum absolute atomic E-state index is 0.168. The summed E-state index contributed by atoms with van der Waals surface area (Å²) in [4.78, 5) is 27.8. The lowest BCUT2D eigenvalue weighted by molar-refractivity contribution is -0.113. The first kappa shape index (κ1) is 16.8. The molecule has 0 unspecified atom stereocenters. The highest BCUT2D eigenvalue weighted by Crippen LogP contribution is 2.26. The number of halogens is 1. The van der Waals surface area contributed by atoms with Crippen molar-refractivity contribution in [3.8, 4) is 0 Å². The third-order valence-corrected chi connectivity index (χ3v) is 5.41. The molecular formula is C15H13ClN4O2S2. The Hall–Kier alpha value is -2.03. The number of anilines is 1. The highest BCUT2D eigenvalue weighted by molar-refractivity contribution is 7.99. The van der Waals surface area contributed by atoms with Gasteiger partial charge in [0.15, 0.2) is 5.16 Å². The van der Waals surface area contributed by atoms with E-state index in [2.05, 4.69) is 10.3 Å². The van der Waals surface area contributed by atoms with Crippen LogP contribution in [0.1, 0.15) is 10.4 Å². The van der Waals surface area contributed by atoms with Gasteiger partial charge in [0, 0.05) is 12.1 Å². The first-order valence-electron chi connectivity index (χ1n) is 6.87. The summed E-state index contributed by atoms with van der Waals surface area (Å²) < 4.78 is 1.91. The second-order valence-electron chi connectivity index (χ2n) is 4.95. The molecule has 0 bridgehead atoms. The molecule has 0 aliphatic carbocycles. The first-order valence-corrected chi connectivity index (χ1v) is 9.12. The van der Waals surface area contributed by atoms with Crippen molar-refractivity contribution >= 4 is 62.5 Å². The SMILES string of the molecule is Cn1c(SCC(=O)Nc2sccc2C(N)=O)nc2cc(Cl)ccc21. The van der Waals surface area contributed by atoms with E-state index >= 15 is 0 Å². The van der Waals surface area contributed by atoms with E-state index in [9.17, 15) is 9.59 Å². The number of carbonyl (C=O) groups is 2. The zero-order valence-corrected chi connectivity index (χ0v) is 15.0. The van der Waals surface area contributed by atoms with Gasteiger partial charge in [-0.3, -0.25) is 9.59 Å². The lowest BCUT2D eigenvalue weighted by atomic mass is 10.3. The molecule has 1 aromatic carbocycles. The molecule has 6 nitrogen and oxygen atoms in total. The number of primary amides is 1. The Bertz CT molecular complexity index is 935. The predicted molar refractivity (Wildman–Crippen MR) is 97.9 cm³/mol. The molecule has 2 heterocycles. The number of thioether (sulfide) groups is 1. The van der Waals surface area contributed by atoms with Gasteiger partial charge >= 0.3 is 0 Å². The molecule has 9 heteroatoms. The summed E-state index contributed by atoms with van der Waals surface area (Å²) >= 11 is 8.54. The van der Waals surface area contributed by atoms with Crippen LogP contribution in [0, 0.1) is 0 Å². The van der Waals surface area contributed by atoms with E-state index in [1.807, 2.05) is 17.7 Å². The topological polar surface area (TPSA) is 90.0 Å². The zero-order chi connectivity index (χ0) is 17.3. The molecule has 0 saturated heterocycles. The maximum Gasteiger partial charge on any atom is 0.251 e. The minimum atomic E-state index is -0.563. The van der Waals surface area contributed by atoms with Crippen LogP contribution in [0.3, 0.4) is 0 Å². The molecule has 0 radical (unpaired) electrons. The number of imidazole rings is 1. The summed E-state index contributed by atoms with van der Waals surface area (Å²) in [5.74, 6) is -0.623. The van der Waals surface area contributed by atoms with Gasteiger partial charge in [-0.1, -0.05) is 23.4 Å². The van der Waals surface area contributed by atoms with Gasteiger partial charge < -0.3 is 15.6 Å². The molecule has 0 atom stereocenters. The highest BCUT2D eigenvalue weighted by Gasteiger charge is 2.14. The van der Waals surface area contributed by atoms with Crippen LogP contribution >= 0.6 is 34.7 Å². The average molecular weight is 381 g/mol.